The van der Waals surface area contributed by atoms with Crippen molar-refractivity contribution >= 4 is 12.0 Å². The van der Waals surface area contributed by atoms with Crippen LogP contribution in [0.3, 0.4) is 0 Å². The van der Waals surface area contributed by atoms with Gasteiger partial charge in [-0.1, -0.05) is 6.07 Å². The normalized spacial score (nSPS) is 16.7. The number of carbonyl (C=O) groups excluding carboxylic acids is 2. The summed E-state index contributed by atoms with van der Waals surface area (Å²) in [7, 11) is 0. The molecular weight excluding hydrogens is 389 g/mol. The van der Waals surface area contributed by atoms with E-state index in [1.54, 1.807) is 20.8 Å². The van der Waals surface area contributed by atoms with E-state index in [9.17, 15) is 28.0 Å². The van der Waals surface area contributed by atoms with Crippen LogP contribution in [-0.4, -0.2) is 40.6 Å². The molecule has 1 saturated heterocycles. The summed E-state index contributed by atoms with van der Waals surface area (Å²) in [5.74, 6) is -0.524. The van der Waals surface area contributed by atoms with Crippen molar-refractivity contribution < 1.29 is 27.5 Å². The van der Waals surface area contributed by atoms with Crippen molar-refractivity contribution in [2.45, 2.75) is 51.9 Å². The smallest absolute Gasteiger partial charge is 0.433 e. The minimum absolute atomic E-state index is 0.0524. The summed E-state index contributed by atoms with van der Waals surface area (Å²) in [6.07, 6.45) is -3.72. The van der Waals surface area contributed by atoms with Crippen molar-refractivity contribution in [2.24, 2.45) is 5.41 Å². The zero-order chi connectivity index (χ0) is 21.9. The Hall–Kier alpha value is -2.83. The lowest BCUT2D eigenvalue weighted by molar-refractivity contribution is -0.141. The molecule has 2 rings (SSSR count). The number of piperidine rings is 1. The number of rotatable bonds is 3. The Morgan fingerprint density at radius 1 is 1.28 bits per heavy atom. The van der Waals surface area contributed by atoms with Gasteiger partial charge in [0.15, 0.2) is 0 Å². The number of ether oxygens (including phenoxy) is 1. The number of pyridine rings is 1. The zero-order valence-electron chi connectivity index (χ0n) is 16.5. The topological polar surface area (TPSA) is 95.3 Å². The molecule has 29 heavy (non-hydrogen) atoms. The first kappa shape index (κ1) is 22.5. The lowest BCUT2D eigenvalue weighted by atomic mass is 9.79. The van der Waals surface area contributed by atoms with E-state index in [2.05, 4.69) is 10.3 Å². The standard InChI is InChI=1S/C19H23F3N4O3/c1-17(2,3)29-16(28)26-8-6-18(12-23,7-9-26)15(27)25-11-13-4-5-14(24-10-13)19(20,21)22/h4-5,10H,6-9,11H2,1-3H3,(H,25,27). The summed E-state index contributed by atoms with van der Waals surface area (Å²) in [5.41, 5.74) is -2.59. The summed E-state index contributed by atoms with van der Waals surface area (Å²) in [5, 5.41) is 12.1. The number of nitrogens with zero attached hydrogens (tertiary/aromatic N) is 3. The highest BCUT2D eigenvalue weighted by atomic mass is 19.4. The van der Waals surface area contributed by atoms with Gasteiger partial charge in [0, 0.05) is 25.8 Å². The molecule has 0 bridgehead atoms. The molecule has 7 nitrogen and oxygen atoms in total. The molecule has 0 aliphatic carbocycles. The summed E-state index contributed by atoms with van der Waals surface area (Å²) >= 11 is 0. The highest BCUT2D eigenvalue weighted by molar-refractivity contribution is 5.85. The molecule has 1 aromatic heterocycles. The van der Waals surface area contributed by atoms with Crippen molar-refractivity contribution in [3.63, 3.8) is 0 Å². The van der Waals surface area contributed by atoms with Gasteiger partial charge in [0.05, 0.1) is 6.07 Å². The molecule has 1 aliphatic rings. The second-order valence-corrected chi connectivity index (χ2v) is 7.89. The summed E-state index contributed by atoms with van der Waals surface area (Å²) in [6.45, 7) is 5.58. The summed E-state index contributed by atoms with van der Waals surface area (Å²) < 4.78 is 42.9. The van der Waals surface area contributed by atoms with Gasteiger partial charge in [-0.05, 0) is 45.2 Å². The predicted molar refractivity (Wildman–Crippen MR) is 96.2 cm³/mol. The second kappa shape index (κ2) is 8.27. The molecule has 0 saturated carbocycles. The fourth-order valence-electron chi connectivity index (χ4n) is 2.84. The van der Waals surface area contributed by atoms with Crippen molar-refractivity contribution in [1.29, 1.82) is 5.26 Å². The molecule has 1 aromatic rings. The van der Waals surface area contributed by atoms with Crippen LogP contribution in [-0.2, 0) is 22.3 Å². The van der Waals surface area contributed by atoms with Crippen LogP contribution in [0.1, 0.15) is 44.9 Å². The molecule has 0 aromatic carbocycles. The van der Waals surface area contributed by atoms with Gasteiger partial charge >= 0.3 is 12.3 Å². The van der Waals surface area contributed by atoms with E-state index < -0.39 is 34.9 Å². The minimum Gasteiger partial charge on any atom is -0.444 e. The molecule has 0 unspecified atom stereocenters. The summed E-state index contributed by atoms with van der Waals surface area (Å²) in [4.78, 5) is 29.5. The van der Waals surface area contributed by atoms with Crippen molar-refractivity contribution in [2.75, 3.05) is 13.1 Å². The van der Waals surface area contributed by atoms with E-state index in [0.717, 1.165) is 12.3 Å². The Morgan fingerprint density at radius 3 is 2.34 bits per heavy atom. The Bertz CT molecular complexity index is 787. The van der Waals surface area contributed by atoms with E-state index in [0.29, 0.717) is 5.56 Å². The lowest BCUT2D eigenvalue weighted by Crippen LogP contribution is -2.50. The number of carbonyl (C=O) groups is 2. The van der Waals surface area contributed by atoms with Gasteiger partial charge in [-0.15, -0.1) is 0 Å². The fourth-order valence-corrected chi connectivity index (χ4v) is 2.84. The molecule has 0 atom stereocenters. The molecule has 10 heteroatoms. The Kier molecular flexibility index (Phi) is 6.40. The number of nitrogens with one attached hydrogen (secondary N) is 1. The summed E-state index contributed by atoms with van der Waals surface area (Å²) in [6, 6.07) is 4.09. The Labute approximate surface area is 166 Å². The number of amides is 2. The third-order valence-corrected chi connectivity index (χ3v) is 4.49. The zero-order valence-corrected chi connectivity index (χ0v) is 16.5. The minimum atomic E-state index is -4.53. The first-order valence-electron chi connectivity index (χ1n) is 9.06. The monoisotopic (exact) mass is 412 g/mol. The van der Waals surface area contributed by atoms with Crippen LogP contribution in [0.5, 0.6) is 0 Å². The maximum absolute atomic E-state index is 12.6. The van der Waals surface area contributed by atoms with Gasteiger partial charge in [0.1, 0.15) is 16.7 Å². The van der Waals surface area contributed by atoms with E-state index >= 15 is 0 Å². The largest absolute Gasteiger partial charge is 0.444 e. The van der Waals surface area contributed by atoms with Gasteiger partial charge in [0.2, 0.25) is 5.91 Å². The molecule has 0 radical (unpaired) electrons. The first-order chi connectivity index (χ1) is 13.4. The van der Waals surface area contributed by atoms with Gasteiger partial charge < -0.3 is 15.0 Å². The third kappa shape index (κ3) is 5.82. The third-order valence-electron chi connectivity index (χ3n) is 4.49. The van der Waals surface area contributed by atoms with Crippen LogP contribution in [0.15, 0.2) is 18.3 Å². The van der Waals surface area contributed by atoms with Gasteiger partial charge in [-0.25, -0.2) is 4.79 Å². The van der Waals surface area contributed by atoms with E-state index in [-0.39, 0.29) is 32.5 Å². The highest BCUT2D eigenvalue weighted by Gasteiger charge is 2.43. The quantitative estimate of drug-likeness (QED) is 0.822. The molecule has 1 fully saturated rings. The number of hydrogen-bond donors (Lipinski definition) is 1. The average Bonchev–Trinajstić information content (AvgIpc) is 2.64. The predicted octanol–water partition coefficient (Wildman–Crippen LogP) is 3.26. The number of nitriles is 1. The SMILES string of the molecule is CC(C)(C)OC(=O)N1CCC(C#N)(C(=O)NCc2ccc(C(F)(F)F)nc2)CC1. The van der Waals surface area contributed by atoms with Crippen molar-refractivity contribution in [3.8, 4) is 6.07 Å². The molecule has 1 N–H and O–H groups in total. The fraction of sp³-hybridized carbons (Fsp3) is 0.579. The van der Waals surface area contributed by atoms with E-state index in [1.807, 2.05) is 6.07 Å². The first-order valence-corrected chi connectivity index (χ1v) is 9.06. The van der Waals surface area contributed by atoms with Crippen LogP contribution < -0.4 is 5.32 Å². The average molecular weight is 412 g/mol. The Balaban J connectivity index is 1.94. The van der Waals surface area contributed by atoms with Crippen molar-refractivity contribution in [3.05, 3.63) is 29.6 Å². The maximum atomic E-state index is 12.6. The Morgan fingerprint density at radius 2 is 1.90 bits per heavy atom. The molecule has 2 amide bonds. The van der Waals surface area contributed by atoms with Gasteiger partial charge in [-0.2, -0.15) is 18.4 Å². The highest BCUT2D eigenvalue weighted by Crippen LogP contribution is 2.32. The molecular formula is C19H23F3N4O3. The van der Waals surface area contributed by atoms with E-state index in [1.165, 1.54) is 11.0 Å². The number of aromatic nitrogens is 1. The lowest BCUT2D eigenvalue weighted by Gasteiger charge is -2.36. The molecule has 2 heterocycles. The van der Waals surface area contributed by atoms with Crippen molar-refractivity contribution in [1.82, 2.24) is 15.2 Å². The van der Waals surface area contributed by atoms with Crippen LogP contribution >= 0.6 is 0 Å². The molecule has 0 spiro atoms. The molecule has 1 aliphatic heterocycles. The maximum Gasteiger partial charge on any atom is 0.433 e. The number of alkyl halides is 3. The number of halogens is 3. The number of likely N-dealkylation sites (tertiary alicyclic amines) is 1. The second-order valence-electron chi connectivity index (χ2n) is 7.89. The van der Waals surface area contributed by atoms with E-state index in [4.69, 9.17) is 4.74 Å². The van der Waals surface area contributed by atoms with Gasteiger partial charge in [0.25, 0.3) is 0 Å². The molecule has 158 valence electrons. The van der Waals surface area contributed by atoms with Crippen LogP contribution in [0, 0.1) is 16.7 Å². The van der Waals surface area contributed by atoms with Crippen LogP contribution in [0.25, 0.3) is 0 Å². The van der Waals surface area contributed by atoms with Gasteiger partial charge in [-0.3, -0.25) is 9.78 Å². The van der Waals surface area contributed by atoms with Crippen LogP contribution in [0.4, 0.5) is 18.0 Å². The van der Waals surface area contributed by atoms with Crippen LogP contribution in [0.2, 0.25) is 0 Å². The number of hydrogen-bond acceptors (Lipinski definition) is 5.